The molecule has 0 aromatic carbocycles. The number of alkyl halides is 6. The van der Waals surface area contributed by atoms with Gasteiger partial charge < -0.3 is 10.5 Å². The second-order valence-electron chi connectivity index (χ2n) is 2.98. The topological polar surface area (TPSA) is 61.0 Å². The normalized spacial score (nSPS) is 12.9. The van der Waals surface area contributed by atoms with E-state index in [1.54, 1.807) is 0 Å². The summed E-state index contributed by atoms with van der Waals surface area (Å²) in [5.41, 5.74) is 5.13. The van der Waals surface area contributed by atoms with Crippen LogP contribution in [0.3, 0.4) is 0 Å². The third-order valence-electron chi connectivity index (χ3n) is 1.51. The van der Waals surface area contributed by atoms with E-state index in [1.165, 1.54) is 0 Å². The van der Waals surface area contributed by atoms with Crippen molar-refractivity contribution in [3.8, 4) is 6.01 Å². The first-order chi connectivity index (χ1) is 8.00. The summed E-state index contributed by atoms with van der Waals surface area (Å²) in [6.07, 6.45) is -15.3. The predicted molar refractivity (Wildman–Crippen MR) is 50.7 cm³/mol. The third-order valence-corrected chi connectivity index (χ3v) is 1.92. The van der Waals surface area contributed by atoms with Crippen LogP contribution in [0.2, 0.25) is 0 Å². The lowest BCUT2D eigenvalue weighted by Crippen LogP contribution is -2.46. The number of hydrogen-bond donors (Lipinski definition) is 1. The van der Waals surface area contributed by atoms with Gasteiger partial charge >= 0.3 is 18.4 Å². The number of rotatable bonds is 2. The second kappa shape index (κ2) is 4.78. The molecule has 4 nitrogen and oxygen atoms in total. The highest BCUT2D eigenvalue weighted by atomic mass is 79.9. The van der Waals surface area contributed by atoms with E-state index in [1.807, 2.05) is 0 Å². The Balaban J connectivity index is 3.04. The van der Waals surface area contributed by atoms with Crippen LogP contribution in [0.15, 0.2) is 10.7 Å². The average Bonchev–Trinajstić information content (AvgIpc) is 2.08. The zero-order chi connectivity index (χ0) is 14.1. The van der Waals surface area contributed by atoms with Crippen LogP contribution in [0, 0.1) is 0 Å². The SMILES string of the molecule is Nc1cc(Br)nc(OC(C(F)(F)F)C(F)(F)F)n1. The number of anilines is 1. The van der Waals surface area contributed by atoms with Crippen LogP contribution in [0.5, 0.6) is 6.01 Å². The Kier molecular flexibility index (Phi) is 3.93. The van der Waals surface area contributed by atoms with E-state index in [2.05, 4.69) is 30.6 Å². The Morgan fingerprint density at radius 1 is 1.11 bits per heavy atom. The number of aromatic nitrogens is 2. The Morgan fingerprint density at radius 2 is 1.61 bits per heavy atom. The minimum atomic E-state index is -5.64. The molecule has 1 rings (SSSR count). The number of halogens is 7. The lowest BCUT2D eigenvalue weighted by atomic mass is 10.3. The highest BCUT2D eigenvalue weighted by molar-refractivity contribution is 9.10. The maximum atomic E-state index is 12.2. The molecule has 0 atom stereocenters. The minimum absolute atomic E-state index is 0.104. The summed E-state index contributed by atoms with van der Waals surface area (Å²) in [6.45, 7) is 0. The van der Waals surface area contributed by atoms with E-state index >= 15 is 0 Å². The van der Waals surface area contributed by atoms with Crippen molar-refractivity contribution in [2.75, 3.05) is 5.73 Å². The standard InChI is InChI=1S/C7H4BrF6N3O/c8-2-1-3(15)17-5(16-2)18-4(6(9,10)11)7(12,13)14/h1,4H,(H2,15,16,17). The van der Waals surface area contributed by atoms with Crippen molar-refractivity contribution >= 4 is 21.7 Å². The zero-order valence-electron chi connectivity index (χ0n) is 8.18. The van der Waals surface area contributed by atoms with E-state index in [0.29, 0.717) is 0 Å². The van der Waals surface area contributed by atoms with Gasteiger partial charge in [-0.1, -0.05) is 0 Å². The van der Waals surface area contributed by atoms with E-state index < -0.39 is 24.5 Å². The molecule has 0 spiro atoms. The maximum Gasteiger partial charge on any atom is 0.434 e. The largest absolute Gasteiger partial charge is 0.440 e. The highest BCUT2D eigenvalue weighted by Gasteiger charge is 2.59. The molecule has 11 heteroatoms. The minimum Gasteiger partial charge on any atom is -0.440 e. The summed E-state index contributed by atoms with van der Waals surface area (Å²) in [5.74, 6) is -0.338. The van der Waals surface area contributed by atoms with Crippen LogP contribution in [0.25, 0.3) is 0 Å². The van der Waals surface area contributed by atoms with Gasteiger partial charge in [0.05, 0.1) is 0 Å². The molecule has 0 aliphatic carbocycles. The first kappa shape index (κ1) is 14.8. The summed E-state index contributed by atoms with van der Waals surface area (Å²) in [5, 5.41) is 0. The van der Waals surface area contributed by atoms with Crippen molar-refractivity contribution in [3.63, 3.8) is 0 Å². The maximum absolute atomic E-state index is 12.2. The van der Waals surface area contributed by atoms with Gasteiger partial charge in [-0.2, -0.15) is 36.3 Å². The van der Waals surface area contributed by atoms with E-state index in [-0.39, 0.29) is 10.4 Å². The van der Waals surface area contributed by atoms with Gasteiger partial charge in [-0.25, -0.2) is 0 Å². The molecule has 1 heterocycles. The molecular weight excluding hydrogens is 336 g/mol. The van der Waals surface area contributed by atoms with E-state index in [9.17, 15) is 26.3 Å². The van der Waals surface area contributed by atoms with Gasteiger partial charge in [-0.05, 0) is 15.9 Å². The van der Waals surface area contributed by atoms with Crippen molar-refractivity contribution in [2.45, 2.75) is 18.5 Å². The van der Waals surface area contributed by atoms with Gasteiger partial charge in [-0.3, -0.25) is 0 Å². The molecule has 0 saturated heterocycles. The summed E-state index contributed by atoms with van der Waals surface area (Å²) < 4.78 is 76.6. The molecule has 1 aromatic heterocycles. The monoisotopic (exact) mass is 339 g/mol. The molecule has 0 amide bonds. The highest BCUT2D eigenvalue weighted by Crippen LogP contribution is 2.35. The smallest absolute Gasteiger partial charge is 0.434 e. The lowest BCUT2D eigenvalue weighted by molar-refractivity contribution is -0.301. The molecule has 18 heavy (non-hydrogen) atoms. The van der Waals surface area contributed by atoms with Gasteiger partial charge in [0.15, 0.2) is 0 Å². The predicted octanol–water partition coefficient (Wildman–Crippen LogP) is 2.69. The number of nitrogens with zero attached hydrogens (tertiary/aromatic N) is 2. The van der Waals surface area contributed by atoms with E-state index in [4.69, 9.17) is 5.73 Å². The molecular formula is C7H4BrF6N3O. The number of nitrogen functional groups attached to an aromatic ring is 1. The van der Waals surface area contributed by atoms with Crippen molar-refractivity contribution in [1.29, 1.82) is 0 Å². The number of nitrogens with two attached hydrogens (primary N) is 1. The molecule has 0 fully saturated rings. The van der Waals surface area contributed by atoms with Gasteiger partial charge in [0.2, 0.25) is 0 Å². The Bertz CT molecular complexity index is 400. The van der Waals surface area contributed by atoms with Crippen LogP contribution in [-0.2, 0) is 0 Å². The van der Waals surface area contributed by atoms with Crippen LogP contribution in [0.1, 0.15) is 0 Å². The molecule has 102 valence electrons. The Labute approximate surface area is 104 Å². The fourth-order valence-corrected chi connectivity index (χ4v) is 1.28. The Hall–Kier alpha value is -1.26. The number of ether oxygens (including phenoxy) is 1. The lowest BCUT2D eigenvalue weighted by Gasteiger charge is -2.22. The summed E-state index contributed by atoms with van der Waals surface area (Å²) in [7, 11) is 0. The summed E-state index contributed by atoms with van der Waals surface area (Å²) >= 11 is 2.73. The van der Waals surface area contributed by atoms with Crippen molar-refractivity contribution in [2.24, 2.45) is 0 Å². The molecule has 0 aliphatic rings. The second-order valence-corrected chi connectivity index (χ2v) is 3.79. The molecule has 0 saturated carbocycles. The fraction of sp³-hybridized carbons (Fsp3) is 0.429. The van der Waals surface area contributed by atoms with Crippen LogP contribution in [-0.4, -0.2) is 28.4 Å². The molecule has 0 bridgehead atoms. The van der Waals surface area contributed by atoms with Crippen LogP contribution < -0.4 is 10.5 Å². The zero-order valence-corrected chi connectivity index (χ0v) is 9.77. The van der Waals surface area contributed by atoms with Gasteiger partial charge in [0, 0.05) is 6.07 Å². The molecule has 2 N–H and O–H groups in total. The molecule has 0 unspecified atom stereocenters. The molecule has 1 aromatic rings. The molecule has 0 radical (unpaired) electrons. The van der Waals surface area contributed by atoms with Gasteiger partial charge in [0.1, 0.15) is 10.4 Å². The van der Waals surface area contributed by atoms with Crippen molar-refractivity contribution < 1.29 is 31.1 Å². The van der Waals surface area contributed by atoms with Gasteiger partial charge in [0.25, 0.3) is 6.10 Å². The summed E-state index contributed by atoms with van der Waals surface area (Å²) in [4.78, 5) is 6.32. The van der Waals surface area contributed by atoms with Gasteiger partial charge in [-0.15, -0.1) is 0 Å². The Morgan fingerprint density at radius 3 is 2.00 bits per heavy atom. The van der Waals surface area contributed by atoms with Crippen molar-refractivity contribution in [1.82, 2.24) is 9.97 Å². The third kappa shape index (κ3) is 3.89. The fourth-order valence-electron chi connectivity index (χ4n) is 0.891. The van der Waals surface area contributed by atoms with Crippen LogP contribution >= 0.6 is 15.9 Å². The number of hydrogen-bond acceptors (Lipinski definition) is 4. The van der Waals surface area contributed by atoms with Crippen molar-refractivity contribution in [3.05, 3.63) is 10.7 Å². The molecule has 0 aliphatic heterocycles. The average molecular weight is 340 g/mol. The van der Waals surface area contributed by atoms with Crippen LogP contribution in [0.4, 0.5) is 32.2 Å². The first-order valence-corrected chi connectivity index (χ1v) is 4.89. The first-order valence-electron chi connectivity index (χ1n) is 4.10. The summed E-state index contributed by atoms with van der Waals surface area (Å²) in [6, 6.07) is -0.0372. The van der Waals surface area contributed by atoms with E-state index in [0.717, 1.165) is 6.07 Å². The quantitative estimate of drug-likeness (QED) is 0.664.